The summed E-state index contributed by atoms with van der Waals surface area (Å²) in [6, 6.07) is 11.6. The second-order valence-electron chi connectivity index (χ2n) is 4.61. The molecule has 20 heavy (non-hydrogen) atoms. The van der Waals surface area contributed by atoms with Gasteiger partial charge in [-0.3, -0.25) is 0 Å². The lowest BCUT2D eigenvalue weighted by molar-refractivity contribution is 0.338. The molecule has 0 aliphatic carbocycles. The van der Waals surface area contributed by atoms with Gasteiger partial charge in [-0.1, -0.05) is 29.8 Å². The van der Waals surface area contributed by atoms with Gasteiger partial charge in [0.05, 0.1) is 17.1 Å². The van der Waals surface area contributed by atoms with Crippen LogP contribution in [-0.4, -0.2) is 6.61 Å². The molecule has 2 aromatic rings. The van der Waals surface area contributed by atoms with Gasteiger partial charge in [0.1, 0.15) is 5.75 Å². The normalized spacial score (nSPS) is 12.2. The molecule has 2 N–H and O–H groups in total. The molecule has 0 amide bonds. The second-order valence-corrected chi connectivity index (χ2v) is 5.87. The van der Waals surface area contributed by atoms with Crippen LogP contribution in [-0.2, 0) is 0 Å². The van der Waals surface area contributed by atoms with Crippen LogP contribution in [0.4, 0.5) is 0 Å². The molecule has 0 radical (unpaired) electrons. The SMILES string of the molecule is CCOc1ccc(C(N)c2ccc(C)c(Cl)c2)cc1Br. The number of nitrogens with two attached hydrogens (primary N) is 1. The van der Waals surface area contributed by atoms with Crippen LogP contribution in [0.1, 0.15) is 29.7 Å². The summed E-state index contributed by atoms with van der Waals surface area (Å²) in [6.07, 6.45) is 0. The minimum atomic E-state index is -0.208. The van der Waals surface area contributed by atoms with E-state index >= 15 is 0 Å². The highest BCUT2D eigenvalue weighted by molar-refractivity contribution is 9.10. The Bertz CT molecular complexity index is 615. The molecule has 0 aromatic heterocycles. The quantitative estimate of drug-likeness (QED) is 0.851. The summed E-state index contributed by atoms with van der Waals surface area (Å²) in [4.78, 5) is 0. The first-order chi connectivity index (χ1) is 9.52. The van der Waals surface area contributed by atoms with Gasteiger partial charge in [0.25, 0.3) is 0 Å². The maximum Gasteiger partial charge on any atom is 0.133 e. The maximum absolute atomic E-state index is 6.31. The average Bonchev–Trinajstić information content (AvgIpc) is 2.43. The summed E-state index contributed by atoms with van der Waals surface area (Å²) in [5, 5.41) is 0.739. The maximum atomic E-state index is 6.31. The molecule has 0 fully saturated rings. The first kappa shape index (κ1) is 15.4. The highest BCUT2D eigenvalue weighted by Gasteiger charge is 2.12. The highest BCUT2D eigenvalue weighted by Crippen LogP contribution is 2.31. The van der Waals surface area contributed by atoms with Crippen molar-refractivity contribution >= 4 is 27.5 Å². The summed E-state index contributed by atoms with van der Waals surface area (Å²) in [7, 11) is 0. The van der Waals surface area contributed by atoms with Crippen LogP contribution in [0.15, 0.2) is 40.9 Å². The molecule has 0 saturated heterocycles. The third-order valence-corrected chi connectivity index (χ3v) is 4.20. The predicted octanol–water partition coefficient (Wildman–Crippen LogP) is 4.86. The monoisotopic (exact) mass is 353 g/mol. The van der Waals surface area contributed by atoms with Gasteiger partial charge in [-0.15, -0.1) is 0 Å². The van der Waals surface area contributed by atoms with Gasteiger partial charge in [-0.25, -0.2) is 0 Å². The van der Waals surface area contributed by atoms with Crippen molar-refractivity contribution in [3.8, 4) is 5.75 Å². The first-order valence-electron chi connectivity index (χ1n) is 6.46. The van der Waals surface area contributed by atoms with Gasteiger partial charge in [0.2, 0.25) is 0 Å². The summed E-state index contributed by atoms with van der Waals surface area (Å²) >= 11 is 9.67. The van der Waals surface area contributed by atoms with Crippen molar-refractivity contribution in [2.45, 2.75) is 19.9 Å². The van der Waals surface area contributed by atoms with E-state index in [0.717, 1.165) is 31.9 Å². The Morgan fingerprint density at radius 3 is 2.45 bits per heavy atom. The lowest BCUT2D eigenvalue weighted by atomic mass is 9.98. The second kappa shape index (κ2) is 6.61. The number of benzene rings is 2. The number of aryl methyl sites for hydroxylation is 1. The summed E-state index contributed by atoms with van der Waals surface area (Å²) < 4.78 is 6.41. The summed E-state index contributed by atoms with van der Waals surface area (Å²) in [5.41, 5.74) is 9.37. The molecule has 4 heteroatoms. The van der Waals surface area contributed by atoms with E-state index in [1.807, 2.05) is 50.2 Å². The molecular formula is C16H17BrClNO. The number of rotatable bonds is 4. The van der Waals surface area contributed by atoms with E-state index < -0.39 is 0 Å². The van der Waals surface area contributed by atoms with Crippen LogP contribution < -0.4 is 10.5 Å². The van der Waals surface area contributed by atoms with E-state index in [1.54, 1.807) is 0 Å². The minimum absolute atomic E-state index is 0.208. The van der Waals surface area contributed by atoms with Crippen molar-refractivity contribution in [2.24, 2.45) is 5.73 Å². The molecule has 2 rings (SSSR count). The van der Waals surface area contributed by atoms with Crippen molar-refractivity contribution in [1.29, 1.82) is 0 Å². The van der Waals surface area contributed by atoms with Gasteiger partial charge >= 0.3 is 0 Å². The zero-order chi connectivity index (χ0) is 14.7. The third kappa shape index (κ3) is 3.35. The van der Waals surface area contributed by atoms with E-state index in [9.17, 15) is 0 Å². The van der Waals surface area contributed by atoms with Crippen LogP contribution in [0.5, 0.6) is 5.75 Å². The van der Waals surface area contributed by atoms with Crippen molar-refractivity contribution in [1.82, 2.24) is 0 Å². The van der Waals surface area contributed by atoms with Crippen molar-refractivity contribution in [3.63, 3.8) is 0 Å². The van der Waals surface area contributed by atoms with Gasteiger partial charge in [0.15, 0.2) is 0 Å². The lowest BCUT2D eigenvalue weighted by Crippen LogP contribution is -2.12. The molecule has 0 spiro atoms. The minimum Gasteiger partial charge on any atom is -0.493 e. The van der Waals surface area contributed by atoms with Crippen LogP contribution >= 0.6 is 27.5 Å². The largest absolute Gasteiger partial charge is 0.493 e. The van der Waals surface area contributed by atoms with Crippen LogP contribution in [0, 0.1) is 6.92 Å². The number of halogens is 2. The zero-order valence-electron chi connectivity index (χ0n) is 11.5. The molecule has 0 aliphatic heterocycles. The molecule has 1 atom stereocenters. The van der Waals surface area contributed by atoms with Crippen molar-refractivity contribution < 1.29 is 4.74 Å². The Morgan fingerprint density at radius 2 is 1.85 bits per heavy atom. The fourth-order valence-electron chi connectivity index (χ4n) is 1.98. The van der Waals surface area contributed by atoms with Crippen LogP contribution in [0.3, 0.4) is 0 Å². The highest BCUT2D eigenvalue weighted by atomic mass is 79.9. The van der Waals surface area contributed by atoms with E-state index in [-0.39, 0.29) is 6.04 Å². The van der Waals surface area contributed by atoms with Gasteiger partial charge in [-0.2, -0.15) is 0 Å². The molecular weight excluding hydrogens is 338 g/mol. The third-order valence-electron chi connectivity index (χ3n) is 3.17. The Morgan fingerprint density at radius 1 is 1.20 bits per heavy atom. The average molecular weight is 355 g/mol. The lowest BCUT2D eigenvalue weighted by Gasteiger charge is -2.15. The van der Waals surface area contributed by atoms with Gasteiger partial charge in [0, 0.05) is 5.02 Å². The molecule has 0 saturated carbocycles. The zero-order valence-corrected chi connectivity index (χ0v) is 13.8. The fourth-order valence-corrected chi connectivity index (χ4v) is 2.68. The number of ether oxygens (including phenoxy) is 1. The predicted molar refractivity (Wildman–Crippen MR) is 87.5 cm³/mol. The van der Waals surface area contributed by atoms with Gasteiger partial charge in [-0.05, 0) is 64.7 Å². The molecule has 0 aliphatic rings. The topological polar surface area (TPSA) is 35.2 Å². The van der Waals surface area contributed by atoms with Crippen LogP contribution in [0.2, 0.25) is 5.02 Å². The molecule has 0 heterocycles. The molecule has 106 valence electrons. The molecule has 2 nitrogen and oxygen atoms in total. The first-order valence-corrected chi connectivity index (χ1v) is 7.64. The van der Waals surface area contributed by atoms with E-state index in [2.05, 4.69) is 15.9 Å². The Kier molecular flexibility index (Phi) is 5.08. The van der Waals surface area contributed by atoms with E-state index in [4.69, 9.17) is 22.1 Å². The van der Waals surface area contributed by atoms with Crippen molar-refractivity contribution in [2.75, 3.05) is 6.61 Å². The standard InChI is InChI=1S/C16H17BrClNO/c1-3-20-15-7-6-11(8-13(15)17)16(19)12-5-4-10(2)14(18)9-12/h4-9,16H,3,19H2,1-2H3. The van der Waals surface area contributed by atoms with E-state index in [1.165, 1.54) is 0 Å². The Hall–Kier alpha value is -1.03. The number of hydrogen-bond acceptors (Lipinski definition) is 2. The molecule has 0 bridgehead atoms. The fraction of sp³-hybridized carbons (Fsp3) is 0.250. The molecule has 2 aromatic carbocycles. The number of hydrogen-bond donors (Lipinski definition) is 1. The van der Waals surface area contributed by atoms with Crippen molar-refractivity contribution in [3.05, 3.63) is 62.6 Å². The van der Waals surface area contributed by atoms with E-state index in [0.29, 0.717) is 6.61 Å². The summed E-state index contributed by atoms with van der Waals surface area (Å²) in [5.74, 6) is 0.824. The Labute approximate surface area is 133 Å². The summed E-state index contributed by atoms with van der Waals surface area (Å²) in [6.45, 7) is 4.57. The Balaban J connectivity index is 2.30. The van der Waals surface area contributed by atoms with Gasteiger partial charge < -0.3 is 10.5 Å². The molecule has 1 unspecified atom stereocenters. The van der Waals surface area contributed by atoms with Crippen LogP contribution in [0.25, 0.3) is 0 Å². The smallest absolute Gasteiger partial charge is 0.133 e.